The summed E-state index contributed by atoms with van der Waals surface area (Å²) in [4.78, 5) is 4.41. The van der Waals surface area contributed by atoms with Gasteiger partial charge in [0.2, 0.25) is 0 Å². The Hall–Kier alpha value is -2.27. The van der Waals surface area contributed by atoms with Crippen molar-refractivity contribution in [1.29, 1.82) is 0 Å². The minimum atomic E-state index is -0.609. The van der Waals surface area contributed by atoms with Crippen LogP contribution in [-0.2, 0) is 0 Å². The van der Waals surface area contributed by atoms with Gasteiger partial charge in [0.1, 0.15) is 16.6 Å². The van der Waals surface area contributed by atoms with Crippen molar-refractivity contribution >= 4 is 17.0 Å². The van der Waals surface area contributed by atoms with Gasteiger partial charge in [-0.15, -0.1) is 11.3 Å². The summed E-state index contributed by atoms with van der Waals surface area (Å²) in [5.41, 5.74) is 8.22. The zero-order valence-electron chi connectivity index (χ0n) is 10.3. The summed E-state index contributed by atoms with van der Waals surface area (Å²) < 4.78 is 26.4. The molecule has 3 aromatic rings. The monoisotopic (exact) mass is 288 g/mol. The molecule has 0 bridgehead atoms. The predicted molar refractivity (Wildman–Crippen MR) is 77.3 cm³/mol. The van der Waals surface area contributed by atoms with Gasteiger partial charge >= 0.3 is 0 Å². The van der Waals surface area contributed by atoms with Crippen molar-refractivity contribution in [2.45, 2.75) is 0 Å². The Morgan fingerprint density at radius 1 is 0.900 bits per heavy atom. The van der Waals surface area contributed by atoms with Gasteiger partial charge in [-0.3, -0.25) is 0 Å². The molecule has 0 aliphatic heterocycles. The summed E-state index contributed by atoms with van der Waals surface area (Å²) >= 11 is 1.42. The second kappa shape index (κ2) is 5.02. The number of nitrogens with two attached hydrogens (primary N) is 1. The van der Waals surface area contributed by atoms with Crippen molar-refractivity contribution in [2.24, 2.45) is 0 Å². The molecule has 2 nitrogen and oxygen atoms in total. The summed E-state index contributed by atoms with van der Waals surface area (Å²) in [5.74, 6) is -1.22. The van der Waals surface area contributed by atoms with Gasteiger partial charge in [0.15, 0.2) is 0 Å². The van der Waals surface area contributed by atoms with Crippen molar-refractivity contribution in [2.75, 3.05) is 5.73 Å². The van der Waals surface area contributed by atoms with Crippen LogP contribution < -0.4 is 5.73 Å². The van der Waals surface area contributed by atoms with Crippen molar-refractivity contribution in [3.05, 3.63) is 59.5 Å². The highest BCUT2D eigenvalue weighted by Gasteiger charge is 2.09. The van der Waals surface area contributed by atoms with E-state index in [0.29, 0.717) is 16.9 Å². The Labute approximate surface area is 118 Å². The zero-order chi connectivity index (χ0) is 14.1. The molecule has 0 aliphatic rings. The number of hydrogen-bond acceptors (Lipinski definition) is 3. The van der Waals surface area contributed by atoms with Crippen LogP contribution in [0.15, 0.2) is 47.8 Å². The molecule has 1 aromatic heterocycles. The van der Waals surface area contributed by atoms with E-state index in [-0.39, 0.29) is 0 Å². The van der Waals surface area contributed by atoms with Crippen molar-refractivity contribution < 1.29 is 8.78 Å². The van der Waals surface area contributed by atoms with E-state index in [9.17, 15) is 8.78 Å². The standard InChI is InChI=1S/C15H10F2N2S/c16-11-5-10(6-12(17)7-11)14-8-20-15(19-14)9-1-3-13(18)4-2-9/h1-8H,18H2. The fourth-order valence-corrected chi connectivity index (χ4v) is 2.70. The highest BCUT2D eigenvalue weighted by atomic mass is 32.1. The van der Waals surface area contributed by atoms with Gasteiger partial charge in [-0.05, 0) is 36.4 Å². The number of nitrogen functional groups attached to an aromatic ring is 1. The number of nitrogens with zero attached hydrogens (tertiary/aromatic N) is 1. The van der Waals surface area contributed by atoms with Gasteiger partial charge in [-0.1, -0.05) is 0 Å². The first-order chi connectivity index (χ1) is 9.61. The largest absolute Gasteiger partial charge is 0.399 e. The number of thiazole rings is 1. The van der Waals surface area contributed by atoms with Crippen LogP contribution in [0, 0.1) is 11.6 Å². The van der Waals surface area contributed by atoms with Gasteiger partial charge in [0.05, 0.1) is 5.69 Å². The Morgan fingerprint density at radius 2 is 1.55 bits per heavy atom. The molecular weight excluding hydrogens is 278 g/mol. The van der Waals surface area contributed by atoms with Crippen LogP contribution in [0.2, 0.25) is 0 Å². The maximum absolute atomic E-state index is 13.2. The molecular formula is C15H10F2N2S. The van der Waals surface area contributed by atoms with E-state index in [1.165, 1.54) is 23.5 Å². The minimum Gasteiger partial charge on any atom is -0.399 e. The minimum absolute atomic E-state index is 0.431. The summed E-state index contributed by atoms with van der Waals surface area (Å²) in [7, 11) is 0. The molecule has 0 spiro atoms. The van der Waals surface area contributed by atoms with Crippen LogP contribution in [0.5, 0.6) is 0 Å². The summed E-state index contributed by atoms with van der Waals surface area (Å²) in [6.07, 6.45) is 0. The van der Waals surface area contributed by atoms with E-state index in [0.717, 1.165) is 16.6 Å². The van der Waals surface area contributed by atoms with Gasteiger partial charge in [-0.25, -0.2) is 13.8 Å². The van der Waals surface area contributed by atoms with E-state index < -0.39 is 11.6 Å². The smallest absolute Gasteiger partial charge is 0.126 e. The number of halogens is 2. The third-order valence-corrected chi connectivity index (χ3v) is 3.71. The molecule has 20 heavy (non-hydrogen) atoms. The molecule has 5 heteroatoms. The van der Waals surface area contributed by atoms with E-state index >= 15 is 0 Å². The lowest BCUT2D eigenvalue weighted by molar-refractivity contribution is 0.584. The average molecular weight is 288 g/mol. The highest BCUT2D eigenvalue weighted by Crippen LogP contribution is 2.29. The van der Waals surface area contributed by atoms with Crippen LogP contribution in [0.3, 0.4) is 0 Å². The Morgan fingerprint density at radius 3 is 2.20 bits per heavy atom. The molecule has 0 amide bonds. The van der Waals surface area contributed by atoms with Crippen LogP contribution in [0.1, 0.15) is 0 Å². The van der Waals surface area contributed by atoms with Gasteiger partial charge in [0.25, 0.3) is 0 Å². The molecule has 0 fully saturated rings. The van der Waals surface area contributed by atoms with Crippen LogP contribution in [0.4, 0.5) is 14.5 Å². The quantitative estimate of drug-likeness (QED) is 0.712. The fourth-order valence-electron chi connectivity index (χ4n) is 1.87. The lowest BCUT2D eigenvalue weighted by Crippen LogP contribution is -1.85. The lowest BCUT2D eigenvalue weighted by atomic mass is 10.1. The maximum Gasteiger partial charge on any atom is 0.126 e. The number of aromatic nitrogens is 1. The highest BCUT2D eigenvalue weighted by molar-refractivity contribution is 7.13. The molecule has 0 atom stereocenters. The normalized spacial score (nSPS) is 10.7. The first kappa shape index (κ1) is 12.7. The van der Waals surface area contributed by atoms with Gasteiger partial charge < -0.3 is 5.73 Å². The SMILES string of the molecule is Nc1ccc(-c2nc(-c3cc(F)cc(F)c3)cs2)cc1. The second-order valence-corrected chi connectivity index (χ2v) is 5.18. The van der Waals surface area contributed by atoms with Crippen molar-refractivity contribution in [3.63, 3.8) is 0 Å². The van der Waals surface area contributed by atoms with Gasteiger partial charge in [-0.2, -0.15) is 0 Å². The van der Waals surface area contributed by atoms with E-state index in [1.807, 2.05) is 12.1 Å². The summed E-state index contributed by atoms with van der Waals surface area (Å²) in [6, 6.07) is 10.7. The first-order valence-electron chi connectivity index (χ1n) is 5.90. The summed E-state index contributed by atoms with van der Waals surface area (Å²) in [6.45, 7) is 0. The number of hydrogen-bond donors (Lipinski definition) is 1. The lowest BCUT2D eigenvalue weighted by Gasteiger charge is -1.99. The third kappa shape index (κ3) is 2.53. The second-order valence-electron chi connectivity index (χ2n) is 4.32. The fraction of sp³-hybridized carbons (Fsp3) is 0. The molecule has 100 valence electrons. The molecule has 2 N–H and O–H groups in total. The van der Waals surface area contributed by atoms with Crippen LogP contribution >= 0.6 is 11.3 Å². The molecule has 0 aliphatic carbocycles. The van der Waals surface area contributed by atoms with Crippen LogP contribution in [-0.4, -0.2) is 4.98 Å². The van der Waals surface area contributed by atoms with E-state index in [2.05, 4.69) is 4.98 Å². The van der Waals surface area contributed by atoms with E-state index in [4.69, 9.17) is 5.73 Å². The topological polar surface area (TPSA) is 38.9 Å². The molecule has 0 unspecified atom stereocenters. The molecule has 1 heterocycles. The van der Waals surface area contributed by atoms with E-state index in [1.54, 1.807) is 17.5 Å². The number of benzene rings is 2. The molecule has 0 radical (unpaired) electrons. The third-order valence-electron chi connectivity index (χ3n) is 2.82. The number of anilines is 1. The predicted octanol–water partition coefficient (Wildman–Crippen LogP) is 4.34. The average Bonchev–Trinajstić information content (AvgIpc) is 2.88. The Kier molecular flexibility index (Phi) is 3.20. The molecule has 2 aromatic carbocycles. The maximum atomic E-state index is 13.2. The van der Waals surface area contributed by atoms with Crippen molar-refractivity contribution in [3.8, 4) is 21.8 Å². The Balaban J connectivity index is 1.99. The zero-order valence-corrected chi connectivity index (χ0v) is 11.1. The number of rotatable bonds is 2. The molecule has 0 saturated heterocycles. The first-order valence-corrected chi connectivity index (χ1v) is 6.78. The summed E-state index contributed by atoms with van der Waals surface area (Å²) in [5, 5.41) is 2.56. The Bertz CT molecular complexity index is 731. The van der Waals surface area contributed by atoms with Crippen molar-refractivity contribution in [1.82, 2.24) is 4.98 Å². The molecule has 3 rings (SSSR count). The van der Waals surface area contributed by atoms with Gasteiger partial charge in [0, 0.05) is 28.3 Å². The van der Waals surface area contributed by atoms with Crippen LogP contribution in [0.25, 0.3) is 21.8 Å². The molecule has 0 saturated carbocycles.